The van der Waals surface area contributed by atoms with Crippen LogP contribution in [0.5, 0.6) is 5.75 Å². The molecule has 0 aromatic heterocycles. The highest BCUT2D eigenvalue weighted by Crippen LogP contribution is 2.33. The third-order valence-corrected chi connectivity index (χ3v) is 5.12. The van der Waals surface area contributed by atoms with Crippen molar-refractivity contribution in [1.82, 2.24) is 5.32 Å². The largest absolute Gasteiger partial charge is 0.477 e. The van der Waals surface area contributed by atoms with Crippen molar-refractivity contribution in [3.8, 4) is 5.75 Å². The molecule has 140 valence electrons. The Bertz CT molecular complexity index is 881. The molecule has 27 heavy (non-hydrogen) atoms. The second-order valence-corrected chi connectivity index (χ2v) is 6.95. The normalized spacial score (nSPS) is 17.5. The summed E-state index contributed by atoms with van der Waals surface area (Å²) in [6.45, 7) is 0.485. The number of ether oxygens (including phenoxy) is 1. The average molecular weight is 365 g/mol. The van der Waals surface area contributed by atoms with E-state index in [9.17, 15) is 9.59 Å². The maximum atomic E-state index is 12.6. The third-order valence-electron chi connectivity index (χ3n) is 5.12. The molecule has 1 atom stereocenters. The van der Waals surface area contributed by atoms with Gasteiger partial charge in [0.05, 0.1) is 18.8 Å². The van der Waals surface area contributed by atoms with Crippen molar-refractivity contribution in [2.45, 2.75) is 25.4 Å². The Balaban J connectivity index is 1.48. The van der Waals surface area contributed by atoms with Crippen molar-refractivity contribution >= 4 is 23.2 Å². The molecule has 0 fully saturated rings. The van der Waals surface area contributed by atoms with Crippen molar-refractivity contribution in [1.29, 1.82) is 0 Å². The van der Waals surface area contributed by atoms with Crippen molar-refractivity contribution in [2.75, 3.05) is 30.4 Å². The van der Waals surface area contributed by atoms with Gasteiger partial charge in [0.1, 0.15) is 5.75 Å². The Morgan fingerprint density at radius 1 is 1.15 bits per heavy atom. The van der Waals surface area contributed by atoms with Crippen LogP contribution in [-0.4, -0.2) is 38.1 Å². The Kier molecular flexibility index (Phi) is 4.71. The Morgan fingerprint density at radius 2 is 1.96 bits per heavy atom. The van der Waals surface area contributed by atoms with E-state index < -0.39 is 6.10 Å². The van der Waals surface area contributed by atoms with E-state index in [1.807, 2.05) is 35.2 Å². The zero-order chi connectivity index (χ0) is 18.8. The van der Waals surface area contributed by atoms with Gasteiger partial charge in [0.15, 0.2) is 6.10 Å². The number of nitrogens with one attached hydrogen (secondary N) is 2. The van der Waals surface area contributed by atoms with E-state index in [1.54, 1.807) is 7.05 Å². The lowest BCUT2D eigenvalue weighted by atomic mass is 10.1. The molecule has 0 saturated heterocycles. The van der Waals surface area contributed by atoms with Gasteiger partial charge < -0.3 is 20.3 Å². The van der Waals surface area contributed by atoms with Crippen LogP contribution >= 0.6 is 0 Å². The Morgan fingerprint density at radius 3 is 2.81 bits per heavy atom. The Labute approximate surface area is 158 Å². The zero-order valence-corrected chi connectivity index (χ0v) is 15.3. The first-order chi connectivity index (χ1) is 13.1. The minimum absolute atomic E-state index is 0.111. The van der Waals surface area contributed by atoms with E-state index in [4.69, 9.17) is 4.74 Å². The molecule has 1 aliphatic heterocycles. The first-order valence-corrected chi connectivity index (χ1v) is 9.28. The second-order valence-electron chi connectivity index (χ2n) is 6.95. The number of carbonyl (C=O) groups excluding carboxylic acids is 2. The van der Waals surface area contributed by atoms with Crippen molar-refractivity contribution in [2.24, 2.45) is 0 Å². The number of amides is 2. The van der Waals surface area contributed by atoms with Crippen LogP contribution in [0.1, 0.15) is 17.5 Å². The van der Waals surface area contributed by atoms with Crippen molar-refractivity contribution in [3.63, 3.8) is 0 Å². The number of anilines is 2. The molecule has 4 rings (SSSR count). The predicted octanol–water partition coefficient (Wildman–Crippen LogP) is 2.13. The highest BCUT2D eigenvalue weighted by molar-refractivity contribution is 5.95. The van der Waals surface area contributed by atoms with Gasteiger partial charge in [-0.2, -0.15) is 0 Å². The lowest BCUT2D eigenvalue weighted by Gasteiger charge is -2.35. The molecule has 0 saturated carbocycles. The SMILES string of the molecule is CNC(=O)[C@@H]1CN(CC(=O)Nc2ccc3c(c2)CCC3)c2ccccc2O1. The number of likely N-dealkylation sites (N-methyl/N-ethyl adjacent to an activating group) is 1. The second kappa shape index (κ2) is 7.31. The zero-order valence-electron chi connectivity index (χ0n) is 15.3. The number of hydrogen-bond acceptors (Lipinski definition) is 4. The minimum Gasteiger partial charge on any atom is -0.477 e. The average Bonchev–Trinajstić information content (AvgIpc) is 3.15. The highest BCUT2D eigenvalue weighted by atomic mass is 16.5. The van der Waals surface area contributed by atoms with Crippen LogP contribution in [0.2, 0.25) is 0 Å². The number of benzene rings is 2. The van der Waals surface area contributed by atoms with Crippen LogP contribution in [0.15, 0.2) is 42.5 Å². The Hall–Kier alpha value is -3.02. The molecule has 2 N–H and O–H groups in total. The fourth-order valence-electron chi connectivity index (χ4n) is 3.78. The summed E-state index contributed by atoms with van der Waals surface area (Å²) in [7, 11) is 1.58. The number of aryl methyl sites for hydroxylation is 2. The van der Waals surface area contributed by atoms with Gasteiger partial charge in [0.25, 0.3) is 5.91 Å². The molecular weight excluding hydrogens is 342 g/mol. The molecule has 1 aliphatic carbocycles. The van der Waals surface area contributed by atoms with E-state index in [2.05, 4.69) is 22.8 Å². The van der Waals surface area contributed by atoms with Gasteiger partial charge in [-0.3, -0.25) is 9.59 Å². The number of para-hydroxylation sites is 2. The molecular formula is C21H23N3O3. The first-order valence-electron chi connectivity index (χ1n) is 9.28. The summed E-state index contributed by atoms with van der Waals surface area (Å²) in [6, 6.07) is 13.6. The van der Waals surface area contributed by atoms with E-state index in [0.29, 0.717) is 12.3 Å². The van der Waals surface area contributed by atoms with E-state index in [0.717, 1.165) is 24.2 Å². The smallest absolute Gasteiger partial charge is 0.262 e. The summed E-state index contributed by atoms with van der Waals surface area (Å²) < 4.78 is 5.78. The van der Waals surface area contributed by atoms with Crippen LogP contribution in [-0.2, 0) is 22.4 Å². The summed E-state index contributed by atoms with van der Waals surface area (Å²) in [5.74, 6) is 0.302. The molecule has 2 aromatic rings. The minimum atomic E-state index is -0.641. The molecule has 2 amide bonds. The van der Waals surface area contributed by atoms with Gasteiger partial charge in [0, 0.05) is 12.7 Å². The number of fused-ring (bicyclic) bond motifs is 2. The van der Waals surface area contributed by atoms with Crippen LogP contribution in [0.4, 0.5) is 11.4 Å². The standard InChI is InChI=1S/C21H23N3O3/c1-22-21(26)19-12-24(17-7-2-3-8-18(17)27-19)13-20(25)23-16-10-9-14-5-4-6-15(14)11-16/h2-3,7-11,19H,4-6,12-13H2,1H3,(H,22,26)(H,23,25)/t19-/m0/s1. The maximum Gasteiger partial charge on any atom is 0.262 e. The first kappa shape index (κ1) is 17.4. The monoisotopic (exact) mass is 365 g/mol. The molecule has 0 spiro atoms. The van der Waals surface area contributed by atoms with Gasteiger partial charge in [0.2, 0.25) is 5.91 Å². The van der Waals surface area contributed by atoms with Gasteiger partial charge in [-0.05, 0) is 54.7 Å². The molecule has 6 heteroatoms. The lowest BCUT2D eigenvalue weighted by molar-refractivity contribution is -0.127. The van der Waals surface area contributed by atoms with Crippen LogP contribution in [0.3, 0.4) is 0 Å². The summed E-state index contributed by atoms with van der Waals surface area (Å²) in [6.07, 6.45) is 2.73. The quantitative estimate of drug-likeness (QED) is 0.871. The topological polar surface area (TPSA) is 70.7 Å². The van der Waals surface area contributed by atoms with E-state index >= 15 is 0 Å². The van der Waals surface area contributed by atoms with Crippen LogP contribution in [0, 0.1) is 0 Å². The van der Waals surface area contributed by atoms with Crippen molar-refractivity contribution in [3.05, 3.63) is 53.6 Å². The van der Waals surface area contributed by atoms with Crippen LogP contribution < -0.4 is 20.3 Å². The molecule has 0 radical (unpaired) electrons. The van der Waals surface area contributed by atoms with Gasteiger partial charge in [-0.15, -0.1) is 0 Å². The highest BCUT2D eigenvalue weighted by Gasteiger charge is 2.31. The van der Waals surface area contributed by atoms with Crippen molar-refractivity contribution < 1.29 is 14.3 Å². The summed E-state index contributed by atoms with van der Waals surface area (Å²) in [5.41, 5.74) is 4.35. The molecule has 0 bridgehead atoms. The summed E-state index contributed by atoms with van der Waals surface area (Å²) >= 11 is 0. The predicted molar refractivity (Wildman–Crippen MR) is 104 cm³/mol. The lowest BCUT2D eigenvalue weighted by Crippen LogP contribution is -2.50. The maximum absolute atomic E-state index is 12.6. The molecule has 2 aliphatic rings. The number of carbonyl (C=O) groups is 2. The molecule has 0 unspecified atom stereocenters. The summed E-state index contributed by atoms with van der Waals surface area (Å²) in [5, 5.41) is 5.60. The summed E-state index contributed by atoms with van der Waals surface area (Å²) in [4.78, 5) is 26.6. The fraction of sp³-hybridized carbons (Fsp3) is 0.333. The van der Waals surface area contributed by atoms with E-state index in [1.165, 1.54) is 17.5 Å². The van der Waals surface area contributed by atoms with Gasteiger partial charge >= 0.3 is 0 Å². The molecule has 6 nitrogen and oxygen atoms in total. The number of nitrogens with zero attached hydrogens (tertiary/aromatic N) is 1. The van der Waals surface area contributed by atoms with Crippen LogP contribution in [0.25, 0.3) is 0 Å². The number of hydrogen-bond donors (Lipinski definition) is 2. The third kappa shape index (κ3) is 3.60. The van der Waals surface area contributed by atoms with Gasteiger partial charge in [-0.25, -0.2) is 0 Å². The molecule has 1 heterocycles. The van der Waals surface area contributed by atoms with E-state index in [-0.39, 0.29) is 18.4 Å². The van der Waals surface area contributed by atoms with Gasteiger partial charge in [-0.1, -0.05) is 18.2 Å². The number of rotatable bonds is 4. The molecule has 2 aromatic carbocycles. The fourth-order valence-corrected chi connectivity index (χ4v) is 3.78.